The lowest BCUT2D eigenvalue weighted by atomic mass is 10.2. The van der Waals surface area contributed by atoms with Crippen molar-refractivity contribution < 1.29 is 4.79 Å². The molecule has 0 spiro atoms. The lowest BCUT2D eigenvalue weighted by Gasteiger charge is -2.36. The number of nitrogens with one attached hydrogen (secondary N) is 1. The summed E-state index contributed by atoms with van der Waals surface area (Å²) in [6.07, 6.45) is 1.59. The summed E-state index contributed by atoms with van der Waals surface area (Å²) < 4.78 is 0. The van der Waals surface area contributed by atoms with Crippen molar-refractivity contribution in [3.63, 3.8) is 0 Å². The summed E-state index contributed by atoms with van der Waals surface area (Å²) in [6.45, 7) is 4.33. The van der Waals surface area contributed by atoms with Gasteiger partial charge in [0.05, 0.1) is 12.3 Å². The second kappa shape index (κ2) is 9.76. The highest BCUT2D eigenvalue weighted by molar-refractivity contribution is 7.99. The molecule has 0 aliphatic carbocycles. The number of carbonyl (C=O) groups excluding carboxylic acids is 1. The second-order valence-electron chi connectivity index (χ2n) is 6.67. The van der Waals surface area contributed by atoms with E-state index in [1.807, 2.05) is 29.6 Å². The van der Waals surface area contributed by atoms with E-state index in [0.29, 0.717) is 12.3 Å². The largest absolute Gasteiger partial charge is 0.368 e. The number of amides is 1. The zero-order valence-electron chi connectivity index (χ0n) is 16.0. The topological polar surface area (TPSA) is 61.4 Å². The first-order valence-corrected chi connectivity index (χ1v) is 11.4. The Morgan fingerprint density at radius 3 is 2.59 bits per heavy atom. The third-order valence-electron chi connectivity index (χ3n) is 4.74. The minimum absolute atomic E-state index is 0.0139. The lowest BCUT2D eigenvalue weighted by Crippen LogP contribution is -2.46. The molecule has 0 atom stereocenters. The van der Waals surface area contributed by atoms with Gasteiger partial charge in [-0.15, -0.1) is 11.3 Å². The predicted molar refractivity (Wildman–Crippen MR) is 120 cm³/mol. The number of aromatic nitrogens is 2. The SMILES string of the molecule is O=C(CSc1cc(N2CCN(c3ccccc3)CC2)ncn1)NCc1cccs1. The van der Waals surface area contributed by atoms with E-state index in [0.717, 1.165) is 41.9 Å². The van der Waals surface area contributed by atoms with Crippen LogP contribution in [-0.4, -0.2) is 47.8 Å². The van der Waals surface area contributed by atoms with Crippen LogP contribution in [0.15, 0.2) is 65.3 Å². The van der Waals surface area contributed by atoms with Gasteiger partial charge in [0.25, 0.3) is 0 Å². The molecule has 1 amide bonds. The van der Waals surface area contributed by atoms with Gasteiger partial charge in [0.2, 0.25) is 5.91 Å². The quantitative estimate of drug-likeness (QED) is 0.463. The zero-order chi connectivity index (χ0) is 19.9. The third kappa shape index (κ3) is 5.48. The van der Waals surface area contributed by atoms with Gasteiger partial charge < -0.3 is 15.1 Å². The second-order valence-corrected chi connectivity index (χ2v) is 8.70. The van der Waals surface area contributed by atoms with E-state index in [2.05, 4.69) is 49.4 Å². The Labute approximate surface area is 179 Å². The van der Waals surface area contributed by atoms with Crippen LogP contribution in [0.4, 0.5) is 11.5 Å². The van der Waals surface area contributed by atoms with Gasteiger partial charge in [0.1, 0.15) is 17.2 Å². The number of piperazine rings is 1. The summed E-state index contributed by atoms with van der Waals surface area (Å²) in [7, 11) is 0. The third-order valence-corrected chi connectivity index (χ3v) is 6.55. The van der Waals surface area contributed by atoms with Crippen LogP contribution in [0.1, 0.15) is 4.88 Å². The number of nitrogens with zero attached hydrogens (tertiary/aromatic N) is 4. The van der Waals surface area contributed by atoms with Crippen molar-refractivity contribution in [2.75, 3.05) is 41.7 Å². The van der Waals surface area contributed by atoms with E-state index in [1.165, 1.54) is 17.4 Å². The first kappa shape index (κ1) is 19.7. The average Bonchev–Trinajstić information content (AvgIpc) is 3.31. The molecule has 1 aromatic carbocycles. The van der Waals surface area contributed by atoms with Crippen LogP contribution >= 0.6 is 23.1 Å². The first-order chi connectivity index (χ1) is 14.3. The monoisotopic (exact) mass is 425 g/mol. The summed E-state index contributed by atoms with van der Waals surface area (Å²) >= 11 is 3.09. The van der Waals surface area contributed by atoms with Gasteiger partial charge >= 0.3 is 0 Å². The fourth-order valence-electron chi connectivity index (χ4n) is 3.20. The van der Waals surface area contributed by atoms with Crippen molar-refractivity contribution in [3.05, 3.63) is 65.1 Å². The number of hydrogen-bond donors (Lipinski definition) is 1. The number of para-hydroxylation sites is 1. The van der Waals surface area contributed by atoms with Crippen LogP contribution in [-0.2, 0) is 11.3 Å². The van der Waals surface area contributed by atoms with E-state index in [-0.39, 0.29) is 5.91 Å². The predicted octanol–water partition coefficient (Wildman–Crippen LogP) is 3.27. The van der Waals surface area contributed by atoms with Crippen molar-refractivity contribution in [2.45, 2.75) is 11.6 Å². The van der Waals surface area contributed by atoms with Gasteiger partial charge in [-0.3, -0.25) is 4.79 Å². The smallest absolute Gasteiger partial charge is 0.230 e. The highest BCUT2D eigenvalue weighted by Crippen LogP contribution is 2.22. The number of benzene rings is 1. The van der Waals surface area contributed by atoms with Gasteiger partial charge in [0, 0.05) is 42.8 Å². The van der Waals surface area contributed by atoms with Gasteiger partial charge in [-0.2, -0.15) is 0 Å². The molecule has 29 heavy (non-hydrogen) atoms. The molecular weight excluding hydrogens is 402 g/mol. The number of thioether (sulfide) groups is 1. The molecule has 0 saturated carbocycles. The molecule has 6 nitrogen and oxygen atoms in total. The fraction of sp³-hybridized carbons (Fsp3) is 0.286. The molecule has 150 valence electrons. The van der Waals surface area contributed by atoms with E-state index in [9.17, 15) is 4.79 Å². The summed E-state index contributed by atoms with van der Waals surface area (Å²) in [5.74, 6) is 1.29. The van der Waals surface area contributed by atoms with Crippen LogP contribution < -0.4 is 15.1 Å². The molecule has 2 aromatic heterocycles. The summed E-state index contributed by atoms with van der Waals surface area (Å²) in [4.78, 5) is 26.7. The molecule has 8 heteroatoms. The molecule has 0 bridgehead atoms. The minimum Gasteiger partial charge on any atom is -0.368 e. The van der Waals surface area contributed by atoms with Crippen LogP contribution in [0.3, 0.4) is 0 Å². The number of thiophene rings is 1. The summed E-state index contributed by atoms with van der Waals surface area (Å²) in [5.41, 5.74) is 1.26. The minimum atomic E-state index is 0.0139. The Hall–Kier alpha value is -2.58. The molecule has 1 saturated heterocycles. The molecule has 3 aromatic rings. The van der Waals surface area contributed by atoms with Crippen LogP contribution in [0.2, 0.25) is 0 Å². The fourth-order valence-corrected chi connectivity index (χ4v) is 4.54. The maximum Gasteiger partial charge on any atom is 0.230 e. The Morgan fingerprint density at radius 2 is 1.83 bits per heavy atom. The van der Waals surface area contributed by atoms with Crippen molar-refractivity contribution in [1.29, 1.82) is 0 Å². The van der Waals surface area contributed by atoms with E-state index >= 15 is 0 Å². The normalized spacial score (nSPS) is 14.1. The standard InChI is InChI=1S/C21H23N5OS2/c27-20(22-14-18-7-4-12-28-18)15-29-21-13-19(23-16-24-21)26-10-8-25(9-11-26)17-5-2-1-3-6-17/h1-7,12-13,16H,8-11,14-15H2,(H,22,27). The van der Waals surface area contributed by atoms with Crippen molar-refractivity contribution in [3.8, 4) is 0 Å². The lowest BCUT2D eigenvalue weighted by molar-refractivity contribution is -0.118. The maximum absolute atomic E-state index is 12.1. The molecule has 0 radical (unpaired) electrons. The zero-order valence-corrected chi connectivity index (χ0v) is 17.7. The molecule has 1 aliphatic rings. The summed E-state index contributed by atoms with van der Waals surface area (Å²) in [6, 6.07) is 16.5. The number of hydrogen-bond acceptors (Lipinski definition) is 7. The molecule has 0 unspecified atom stereocenters. The number of anilines is 2. The van der Waals surface area contributed by atoms with Crippen LogP contribution in [0.25, 0.3) is 0 Å². The molecule has 1 fully saturated rings. The van der Waals surface area contributed by atoms with Crippen molar-refractivity contribution in [1.82, 2.24) is 15.3 Å². The summed E-state index contributed by atoms with van der Waals surface area (Å²) in [5, 5.41) is 5.78. The van der Waals surface area contributed by atoms with Gasteiger partial charge in [-0.1, -0.05) is 36.0 Å². The van der Waals surface area contributed by atoms with Crippen molar-refractivity contribution >= 4 is 40.5 Å². The Bertz CT molecular complexity index is 912. The number of rotatable bonds is 7. The van der Waals surface area contributed by atoms with Gasteiger partial charge in [0.15, 0.2) is 0 Å². The van der Waals surface area contributed by atoms with Gasteiger partial charge in [-0.05, 0) is 23.6 Å². The highest BCUT2D eigenvalue weighted by Gasteiger charge is 2.18. The highest BCUT2D eigenvalue weighted by atomic mass is 32.2. The molecule has 1 N–H and O–H groups in total. The van der Waals surface area contributed by atoms with E-state index in [1.54, 1.807) is 17.7 Å². The van der Waals surface area contributed by atoms with Crippen LogP contribution in [0.5, 0.6) is 0 Å². The maximum atomic E-state index is 12.1. The Morgan fingerprint density at radius 1 is 1.03 bits per heavy atom. The Kier molecular flexibility index (Phi) is 6.63. The number of carbonyl (C=O) groups is 1. The first-order valence-electron chi connectivity index (χ1n) is 9.57. The average molecular weight is 426 g/mol. The Balaban J connectivity index is 1.27. The molecule has 3 heterocycles. The van der Waals surface area contributed by atoms with Crippen molar-refractivity contribution in [2.24, 2.45) is 0 Å². The molecular formula is C21H23N5OS2. The van der Waals surface area contributed by atoms with Gasteiger partial charge in [-0.25, -0.2) is 9.97 Å². The van der Waals surface area contributed by atoms with E-state index in [4.69, 9.17) is 0 Å². The molecule has 1 aliphatic heterocycles. The van der Waals surface area contributed by atoms with E-state index < -0.39 is 0 Å². The van der Waals surface area contributed by atoms with Crippen LogP contribution in [0, 0.1) is 0 Å². The molecule has 4 rings (SSSR count).